The largest absolute Gasteiger partial charge is 0.497 e. The summed E-state index contributed by atoms with van der Waals surface area (Å²) in [5, 5.41) is 7.77. The van der Waals surface area contributed by atoms with Crippen LogP contribution in [0.4, 0.5) is 13.2 Å². The van der Waals surface area contributed by atoms with Crippen molar-refractivity contribution < 1.29 is 37.1 Å². The minimum atomic E-state index is -5.19. The molecule has 0 saturated heterocycles. The van der Waals surface area contributed by atoms with Crippen LogP contribution in [-0.4, -0.2) is 48.9 Å². The monoisotopic (exact) mass is 617 g/mol. The highest BCUT2D eigenvalue weighted by Crippen LogP contribution is 2.23. The molecule has 0 spiro atoms. The summed E-state index contributed by atoms with van der Waals surface area (Å²) in [5.74, 6) is -5.02. The van der Waals surface area contributed by atoms with Gasteiger partial charge in [0.25, 0.3) is 11.7 Å². The Balaban J connectivity index is 1.96. The quantitative estimate of drug-likeness (QED) is 0.270. The van der Waals surface area contributed by atoms with E-state index < -0.39 is 53.7 Å². The van der Waals surface area contributed by atoms with Crippen molar-refractivity contribution in [2.75, 3.05) is 7.11 Å². The molecule has 12 heteroatoms. The molecule has 3 aromatic carbocycles. The number of halogens is 4. The zero-order valence-corrected chi connectivity index (χ0v) is 24.3. The van der Waals surface area contributed by atoms with Gasteiger partial charge >= 0.3 is 6.18 Å². The van der Waals surface area contributed by atoms with Crippen molar-refractivity contribution in [3.63, 3.8) is 0 Å². The number of hydrogen-bond donors (Lipinski definition) is 3. The Bertz CT molecular complexity index is 1430. The Morgan fingerprint density at radius 3 is 2.05 bits per heavy atom. The van der Waals surface area contributed by atoms with Gasteiger partial charge in [0.15, 0.2) is 0 Å². The first kappa shape index (κ1) is 33.1. The Labute approximate surface area is 251 Å². The number of hydrogen-bond acceptors (Lipinski definition) is 5. The zero-order chi connectivity index (χ0) is 31.7. The van der Waals surface area contributed by atoms with E-state index in [0.29, 0.717) is 16.3 Å². The fourth-order valence-corrected chi connectivity index (χ4v) is 4.44. The van der Waals surface area contributed by atoms with Crippen molar-refractivity contribution in [1.82, 2.24) is 16.0 Å². The van der Waals surface area contributed by atoms with Gasteiger partial charge in [-0.25, -0.2) is 0 Å². The van der Waals surface area contributed by atoms with Gasteiger partial charge in [0.1, 0.15) is 17.8 Å². The second-order valence-corrected chi connectivity index (χ2v) is 10.5. The van der Waals surface area contributed by atoms with Gasteiger partial charge in [-0.2, -0.15) is 13.2 Å². The predicted molar refractivity (Wildman–Crippen MR) is 155 cm³/mol. The van der Waals surface area contributed by atoms with Crippen LogP contribution in [0.25, 0.3) is 0 Å². The Morgan fingerprint density at radius 1 is 0.837 bits per heavy atom. The lowest BCUT2D eigenvalue weighted by molar-refractivity contribution is -0.175. The number of carbonyl (C=O) groups excluding carboxylic acids is 4. The minimum absolute atomic E-state index is 0.0247. The van der Waals surface area contributed by atoms with E-state index in [1.54, 1.807) is 54.6 Å². The molecule has 0 aliphatic heterocycles. The van der Waals surface area contributed by atoms with Crippen LogP contribution in [0.15, 0.2) is 78.9 Å². The zero-order valence-electron chi connectivity index (χ0n) is 23.6. The lowest BCUT2D eigenvalue weighted by Gasteiger charge is -2.27. The highest BCUT2D eigenvalue weighted by atomic mass is 35.5. The van der Waals surface area contributed by atoms with Crippen LogP contribution in [0.2, 0.25) is 5.02 Å². The van der Waals surface area contributed by atoms with E-state index in [2.05, 4.69) is 16.0 Å². The third-order valence-electron chi connectivity index (χ3n) is 6.51. The van der Waals surface area contributed by atoms with Gasteiger partial charge in [-0.15, -0.1) is 0 Å². The Morgan fingerprint density at radius 2 is 1.49 bits per heavy atom. The molecule has 0 radical (unpaired) electrons. The number of carbonyl (C=O) groups is 4. The maximum atomic E-state index is 13.7. The molecule has 0 saturated carbocycles. The summed E-state index contributed by atoms with van der Waals surface area (Å²) < 4.78 is 45.0. The van der Waals surface area contributed by atoms with Crippen molar-refractivity contribution >= 4 is 35.1 Å². The third-order valence-corrected chi connectivity index (χ3v) is 6.75. The SMILES string of the molecule is COc1ccc(C(NC(=O)C(Cc2cccc(Cl)c2)NC(=O)c2ccccc2)C(=O)N[C@H](C(=O)C(F)(F)F)C(C)C)cc1. The van der Waals surface area contributed by atoms with Crippen LogP contribution in [0, 0.1) is 5.92 Å². The Kier molecular flexibility index (Phi) is 11.3. The highest BCUT2D eigenvalue weighted by Gasteiger charge is 2.45. The van der Waals surface area contributed by atoms with E-state index in [1.807, 2.05) is 0 Å². The molecule has 3 amide bonds. The Hall–Kier alpha value is -4.38. The van der Waals surface area contributed by atoms with Crippen molar-refractivity contribution in [2.24, 2.45) is 5.92 Å². The number of ketones is 1. The predicted octanol–water partition coefficient (Wildman–Crippen LogP) is 4.82. The van der Waals surface area contributed by atoms with E-state index >= 15 is 0 Å². The number of ether oxygens (including phenoxy) is 1. The van der Waals surface area contributed by atoms with Gasteiger partial charge in [-0.1, -0.05) is 67.9 Å². The van der Waals surface area contributed by atoms with Crippen molar-refractivity contribution in [2.45, 2.75) is 44.6 Å². The maximum absolute atomic E-state index is 13.7. The molecule has 0 heterocycles. The number of alkyl halides is 3. The van der Waals surface area contributed by atoms with Crippen LogP contribution >= 0.6 is 11.6 Å². The molecule has 2 unspecified atom stereocenters. The second kappa shape index (κ2) is 14.7. The normalized spacial score (nSPS) is 13.4. The van der Waals surface area contributed by atoms with E-state index in [0.717, 1.165) is 0 Å². The summed E-state index contributed by atoms with van der Waals surface area (Å²) in [6.45, 7) is 2.71. The van der Waals surface area contributed by atoms with Gasteiger partial charge in [0.2, 0.25) is 11.8 Å². The fraction of sp³-hybridized carbons (Fsp3) is 0.290. The number of amides is 3. The average molecular weight is 618 g/mol. The van der Waals surface area contributed by atoms with Crippen molar-refractivity contribution in [3.8, 4) is 5.75 Å². The van der Waals surface area contributed by atoms with Gasteiger partial charge < -0.3 is 20.7 Å². The van der Waals surface area contributed by atoms with E-state index in [1.165, 1.54) is 45.2 Å². The second-order valence-electron chi connectivity index (χ2n) is 10.0. The lowest BCUT2D eigenvalue weighted by Crippen LogP contribution is -2.55. The fourth-order valence-electron chi connectivity index (χ4n) is 4.23. The summed E-state index contributed by atoms with van der Waals surface area (Å²) in [6, 6.07) is 16.0. The van der Waals surface area contributed by atoms with Crippen LogP contribution in [0.5, 0.6) is 5.75 Å². The molecule has 0 aliphatic rings. The maximum Gasteiger partial charge on any atom is 0.452 e. The molecular formula is C31H31ClF3N3O5. The molecular weight excluding hydrogens is 587 g/mol. The van der Waals surface area contributed by atoms with Crippen LogP contribution < -0.4 is 20.7 Å². The molecule has 3 atom stereocenters. The molecule has 0 fully saturated rings. The first-order valence-electron chi connectivity index (χ1n) is 13.3. The molecule has 8 nitrogen and oxygen atoms in total. The smallest absolute Gasteiger partial charge is 0.452 e. The van der Waals surface area contributed by atoms with Gasteiger partial charge in [0, 0.05) is 17.0 Å². The highest BCUT2D eigenvalue weighted by molar-refractivity contribution is 6.30. The van der Waals surface area contributed by atoms with Gasteiger partial charge in [-0.3, -0.25) is 19.2 Å². The number of benzene rings is 3. The summed E-state index contributed by atoms with van der Waals surface area (Å²) in [7, 11) is 1.42. The van der Waals surface area contributed by atoms with Crippen LogP contribution in [0.1, 0.15) is 41.4 Å². The topological polar surface area (TPSA) is 114 Å². The number of Topliss-reactive ketones (excluding diaryl/α,β-unsaturated/α-hetero) is 1. The first-order valence-corrected chi connectivity index (χ1v) is 13.6. The molecule has 3 aromatic rings. The van der Waals surface area contributed by atoms with Crippen LogP contribution in [0.3, 0.4) is 0 Å². The van der Waals surface area contributed by atoms with Gasteiger partial charge in [-0.05, 0) is 53.4 Å². The summed E-state index contributed by atoms with van der Waals surface area (Å²) in [6.07, 6.45) is -5.21. The number of nitrogens with one attached hydrogen (secondary N) is 3. The van der Waals surface area contributed by atoms with Crippen molar-refractivity contribution in [1.29, 1.82) is 0 Å². The van der Waals surface area contributed by atoms with Gasteiger partial charge in [0.05, 0.1) is 13.2 Å². The minimum Gasteiger partial charge on any atom is -0.497 e. The molecule has 43 heavy (non-hydrogen) atoms. The molecule has 0 aromatic heterocycles. The third kappa shape index (κ3) is 9.31. The van der Waals surface area contributed by atoms with Crippen LogP contribution in [-0.2, 0) is 20.8 Å². The average Bonchev–Trinajstić information content (AvgIpc) is 2.97. The molecule has 228 valence electrons. The summed E-state index contributed by atoms with van der Waals surface area (Å²) in [5.41, 5.74) is 1.08. The summed E-state index contributed by atoms with van der Waals surface area (Å²) >= 11 is 6.11. The molecule has 0 aliphatic carbocycles. The standard InChI is InChI=1S/C31H31ClF3N3O5/c1-18(2)25(27(39)31(33,34)35)37-30(42)26(20-12-14-23(43-3)15-13-20)38-29(41)24(17-19-8-7-11-22(32)16-19)36-28(40)21-9-5-4-6-10-21/h4-16,18,24-26H,17H2,1-3H3,(H,36,40)(H,37,42)(H,38,41)/t24?,25-,26?/m0/s1. The van der Waals surface area contributed by atoms with E-state index in [4.69, 9.17) is 16.3 Å². The number of methoxy groups -OCH3 is 1. The van der Waals surface area contributed by atoms with E-state index in [9.17, 15) is 32.3 Å². The van der Waals surface area contributed by atoms with E-state index in [-0.39, 0.29) is 17.5 Å². The lowest BCUT2D eigenvalue weighted by atomic mass is 9.97. The molecule has 3 rings (SSSR count). The summed E-state index contributed by atoms with van der Waals surface area (Å²) in [4.78, 5) is 52.3. The molecule has 3 N–H and O–H groups in total. The number of rotatable bonds is 12. The van der Waals surface area contributed by atoms with Crippen molar-refractivity contribution in [3.05, 3.63) is 101 Å². The first-order chi connectivity index (χ1) is 20.3. The molecule has 0 bridgehead atoms.